The fourth-order valence-corrected chi connectivity index (χ4v) is 2.13. The molecule has 0 aliphatic carbocycles. The molecule has 0 bridgehead atoms. The maximum Gasteiger partial charge on any atom is 0.416 e. The molecule has 0 fully saturated rings. The van der Waals surface area contributed by atoms with Crippen LogP contribution in [0.4, 0.5) is 24.5 Å². The first kappa shape index (κ1) is 15.4. The lowest BCUT2D eigenvalue weighted by molar-refractivity contribution is -0.137. The van der Waals surface area contributed by atoms with Crippen molar-refractivity contribution in [2.24, 2.45) is 0 Å². The van der Waals surface area contributed by atoms with Gasteiger partial charge in [-0.15, -0.1) is 0 Å². The Morgan fingerprint density at radius 2 is 1.71 bits per heavy atom. The van der Waals surface area contributed by atoms with Gasteiger partial charge in [0.05, 0.1) is 16.8 Å². The topological polar surface area (TPSA) is 49.3 Å². The molecule has 2 aromatic rings. The van der Waals surface area contributed by atoms with E-state index in [9.17, 15) is 18.0 Å². The van der Waals surface area contributed by atoms with E-state index in [1.54, 1.807) is 0 Å². The number of carboxylic acid groups (broad SMARTS) is 1. The predicted molar refractivity (Wildman–Crippen MR) is 75.8 cm³/mol. The summed E-state index contributed by atoms with van der Waals surface area (Å²) in [4.78, 5) is 10.8. The second kappa shape index (κ2) is 5.77. The Bertz CT molecular complexity index is 669. The van der Waals surface area contributed by atoms with Crippen LogP contribution in [-0.2, 0) is 6.18 Å². The first-order valence-electron chi connectivity index (χ1n) is 5.74. The Kier molecular flexibility index (Phi) is 4.22. The molecule has 2 aromatic carbocycles. The molecule has 0 aliphatic rings. The summed E-state index contributed by atoms with van der Waals surface area (Å²) in [6.07, 6.45) is -4.37. The molecule has 0 saturated carbocycles. The van der Waals surface area contributed by atoms with Gasteiger partial charge in [0.2, 0.25) is 0 Å². The lowest BCUT2D eigenvalue weighted by atomic mass is 10.2. The maximum atomic E-state index is 12.4. The van der Waals surface area contributed by atoms with Crippen LogP contribution >= 0.6 is 15.9 Å². The van der Waals surface area contributed by atoms with Crippen molar-refractivity contribution < 1.29 is 23.1 Å². The average molecular weight is 360 g/mol. The summed E-state index contributed by atoms with van der Waals surface area (Å²) < 4.78 is 37.8. The number of anilines is 2. The molecule has 0 spiro atoms. The third-order valence-corrected chi connectivity index (χ3v) is 3.36. The zero-order valence-electron chi connectivity index (χ0n) is 10.4. The van der Waals surface area contributed by atoms with Crippen LogP contribution in [0.1, 0.15) is 15.9 Å². The highest BCUT2D eigenvalue weighted by atomic mass is 79.9. The van der Waals surface area contributed by atoms with Crippen molar-refractivity contribution in [3.63, 3.8) is 0 Å². The minimum Gasteiger partial charge on any atom is -0.478 e. The third-order valence-electron chi connectivity index (χ3n) is 2.71. The molecule has 0 amide bonds. The van der Waals surface area contributed by atoms with Crippen LogP contribution in [0.2, 0.25) is 0 Å². The zero-order valence-corrected chi connectivity index (χ0v) is 12.0. The van der Waals surface area contributed by atoms with Gasteiger partial charge >= 0.3 is 12.1 Å². The van der Waals surface area contributed by atoms with Gasteiger partial charge in [-0.25, -0.2) is 4.79 Å². The van der Waals surface area contributed by atoms with E-state index in [1.165, 1.54) is 30.3 Å². The lowest BCUT2D eigenvalue weighted by Crippen LogP contribution is -2.04. The monoisotopic (exact) mass is 359 g/mol. The Morgan fingerprint density at radius 1 is 1.10 bits per heavy atom. The highest BCUT2D eigenvalue weighted by molar-refractivity contribution is 9.10. The molecule has 2 rings (SSSR count). The minimum atomic E-state index is -4.37. The fraction of sp³-hybridized carbons (Fsp3) is 0.0714. The second-order valence-corrected chi connectivity index (χ2v) is 5.05. The van der Waals surface area contributed by atoms with Crippen LogP contribution in [-0.4, -0.2) is 11.1 Å². The number of alkyl halides is 3. The summed E-state index contributed by atoms with van der Waals surface area (Å²) >= 11 is 3.21. The summed E-state index contributed by atoms with van der Waals surface area (Å²) in [5, 5.41) is 11.8. The van der Waals surface area contributed by atoms with Crippen molar-refractivity contribution in [2.45, 2.75) is 6.18 Å². The van der Waals surface area contributed by atoms with Crippen LogP contribution in [0.3, 0.4) is 0 Å². The van der Waals surface area contributed by atoms with Crippen molar-refractivity contribution in [2.75, 3.05) is 5.32 Å². The maximum absolute atomic E-state index is 12.4. The Hall–Kier alpha value is -2.02. The lowest BCUT2D eigenvalue weighted by Gasteiger charge is -2.11. The summed E-state index contributed by atoms with van der Waals surface area (Å²) in [5.41, 5.74) is 0.403. The largest absolute Gasteiger partial charge is 0.478 e. The minimum absolute atomic E-state index is 0.111. The molecule has 0 aromatic heterocycles. The van der Waals surface area contributed by atoms with Crippen molar-refractivity contribution >= 4 is 33.3 Å². The first-order chi connectivity index (χ1) is 9.77. The number of hydrogen-bond acceptors (Lipinski definition) is 2. The van der Waals surface area contributed by atoms with Gasteiger partial charge in [-0.1, -0.05) is 0 Å². The van der Waals surface area contributed by atoms with Crippen LogP contribution in [0.25, 0.3) is 0 Å². The number of hydrogen-bond donors (Lipinski definition) is 2. The van der Waals surface area contributed by atoms with Gasteiger partial charge in [0.25, 0.3) is 0 Å². The second-order valence-electron chi connectivity index (χ2n) is 4.20. The van der Waals surface area contributed by atoms with Gasteiger partial charge in [0.15, 0.2) is 0 Å². The SMILES string of the molecule is O=C(O)c1ccc(Nc2ccc(C(F)(F)F)cc2)c(Br)c1. The van der Waals surface area contributed by atoms with E-state index in [4.69, 9.17) is 5.11 Å². The molecule has 0 atom stereocenters. The predicted octanol–water partition coefficient (Wildman–Crippen LogP) is 4.91. The molecular formula is C14H9BrF3NO2. The fourth-order valence-electron chi connectivity index (χ4n) is 1.65. The number of aromatic carboxylic acids is 1. The summed E-state index contributed by atoms with van der Waals surface area (Å²) in [5.74, 6) is -1.06. The van der Waals surface area contributed by atoms with Gasteiger partial charge in [0.1, 0.15) is 0 Å². The Labute approximate surface area is 126 Å². The first-order valence-corrected chi connectivity index (χ1v) is 6.54. The molecule has 0 unspecified atom stereocenters. The van der Waals surface area contributed by atoms with Gasteiger partial charge < -0.3 is 10.4 Å². The molecular weight excluding hydrogens is 351 g/mol. The normalized spacial score (nSPS) is 11.2. The van der Waals surface area contributed by atoms with E-state index >= 15 is 0 Å². The molecule has 0 radical (unpaired) electrons. The van der Waals surface area contributed by atoms with Crippen LogP contribution in [0.5, 0.6) is 0 Å². The highest BCUT2D eigenvalue weighted by Gasteiger charge is 2.29. The molecule has 2 N–H and O–H groups in total. The summed E-state index contributed by atoms with van der Waals surface area (Å²) in [7, 11) is 0. The quantitative estimate of drug-likeness (QED) is 0.818. The van der Waals surface area contributed by atoms with Crippen LogP contribution < -0.4 is 5.32 Å². The van der Waals surface area contributed by atoms with Crippen molar-refractivity contribution in [1.82, 2.24) is 0 Å². The summed E-state index contributed by atoms with van der Waals surface area (Å²) in [6, 6.07) is 8.91. The smallest absolute Gasteiger partial charge is 0.416 e. The molecule has 0 heterocycles. The molecule has 7 heteroatoms. The van der Waals surface area contributed by atoms with E-state index in [1.807, 2.05) is 0 Å². The molecule has 21 heavy (non-hydrogen) atoms. The number of rotatable bonds is 3. The Morgan fingerprint density at radius 3 is 2.19 bits per heavy atom. The van der Waals surface area contributed by atoms with Crippen molar-refractivity contribution in [1.29, 1.82) is 0 Å². The van der Waals surface area contributed by atoms with Crippen molar-refractivity contribution in [3.05, 3.63) is 58.1 Å². The van der Waals surface area contributed by atoms with Crippen LogP contribution in [0.15, 0.2) is 46.9 Å². The molecule has 3 nitrogen and oxygen atoms in total. The van der Waals surface area contributed by atoms with E-state index in [2.05, 4.69) is 21.2 Å². The van der Waals surface area contributed by atoms with Gasteiger partial charge in [-0.3, -0.25) is 0 Å². The van der Waals surface area contributed by atoms with Gasteiger partial charge in [-0.2, -0.15) is 13.2 Å². The van der Waals surface area contributed by atoms with Crippen molar-refractivity contribution in [3.8, 4) is 0 Å². The van der Waals surface area contributed by atoms with Gasteiger partial charge in [0, 0.05) is 10.2 Å². The van der Waals surface area contributed by atoms with E-state index in [0.29, 0.717) is 15.8 Å². The number of halogens is 4. The third kappa shape index (κ3) is 3.75. The highest BCUT2D eigenvalue weighted by Crippen LogP contribution is 2.31. The number of benzene rings is 2. The number of nitrogens with one attached hydrogen (secondary N) is 1. The van der Waals surface area contributed by atoms with E-state index in [-0.39, 0.29) is 5.56 Å². The van der Waals surface area contributed by atoms with Gasteiger partial charge in [-0.05, 0) is 58.4 Å². The molecule has 0 saturated heterocycles. The number of carbonyl (C=O) groups is 1. The van der Waals surface area contributed by atoms with E-state index < -0.39 is 17.7 Å². The zero-order chi connectivity index (χ0) is 15.6. The molecule has 0 aliphatic heterocycles. The van der Waals surface area contributed by atoms with Crippen LogP contribution in [0, 0.1) is 0 Å². The standard InChI is InChI=1S/C14H9BrF3NO2/c15-11-7-8(13(20)21)1-6-12(11)19-10-4-2-9(3-5-10)14(16,17)18/h1-7,19H,(H,20,21). The number of carboxylic acids is 1. The summed E-state index contributed by atoms with van der Waals surface area (Å²) in [6.45, 7) is 0. The Balaban J connectivity index is 2.20. The van der Waals surface area contributed by atoms with E-state index in [0.717, 1.165) is 12.1 Å². The average Bonchev–Trinajstić information content (AvgIpc) is 2.40. The molecule has 110 valence electrons.